The van der Waals surface area contributed by atoms with Crippen LogP contribution >= 0.6 is 23.2 Å². The maximum atomic E-state index is 13.2. The molecule has 0 bridgehead atoms. The minimum absolute atomic E-state index is 0.243. The molecule has 1 amide bonds. The number of nitrogens with zero attached hydrogens (tertiary/aromatic N) is 1. The molecular weight excluding hydrogens is 350 g/mol. The largest absolute Gasteiger partial charge is 0.345 e. The molecule has 0 aliphatic rings. The van der Waals surface area contributed by atoms with E-state index in [0.29, 0.717) is 22.0 Å². The molecule has 6 heteroatoms. The van der Waals surface area contributed by atoms with E-state index in [0.717, 1.165) is 12.1 Å². The van der Waals surface area contributed by atoms with E-state index in [1.54, 1.807) is 24.3 Å². The molecule has 0 saturated carbocycles. The molecule has 0 aromatic heterocycles. The molecule has 1 unspecified atom stereocenters. The third kappa shape index (κ3) is 5.20. The van der Waals surface area contributed by atoms with Crippen LogP contribution in [0, 0.1) is 5.82 Å². The number of halogens is 3. The van der Waals surface area contributed by atoms with Crippen molar-refractivity contribution >= 4 is 29.1 Å². The van der Waals surface area contributed by atoms with Gasteiger partial charge in [0.25, 0.3) is 5.91 Å². The van der Waals surface area contributed by atoms with Crippen LogP contribution in [-0.2, 0) is 0 Å². The zero-order valence-corrected chi connectivity index (χ0v) is 15.0. The fraction of sp³-hybridized carbons (Fsp3) is 0.278. The maximum absolute atomic E-state index is 13.2. The Morgan fingerprint density at radius 2 is 1.83 bits per heavy atom. The summed E-state index contributed by atoms with van der Waals surface area (Å²) in [4.78, 5) is 14.6. The lowest BCUT2D eigenvalue weighted by Gasteiger charge is -2.21. The van der Waals surface area contributed by atoms with E-state index in [2.05, 4.69) is 5.32 Å². The third-order valence-electron chi connectivity index (χ3n) is 3.62. The number of rotatable bonds is 6. The van der Waals surface area contributed by atoms with Crippen molar-refractivity contribution in [2.24, 2.45) is 0 Å². The van der Waals surface area contributed by atoms with Crippen molar-refractivity contribution in [2.75, 3.05) is 20.6 Å². The molecule has 128 valence electrons. The van der Waals surface area contributed by atoms with Gasteiger partial charge >= 0.3 is 0 Å². The van der Waals surface area contributed by atoms with Crippen LogP contribution in [0.4, 0.5) is 4.39 Å². The molecule has 2 aromatic carbocycles. The number of carbonyl (C=O) groups excluding carboxylic acids is 1. The molecule has 1 atom stereocenters. The number of nitrogens with one attached hydrogen (secondary N) is 1. The van der Waals surface area contributed by atoms with E-state index in [1.165, 1.54) is 18.2 Å². The van der Waals surface area contributed by atoms with Gasteiger partial charge in [0.05, 0.1) is 16.6 Å². The normalized spacial score (nSPS) is 12.2. The molecule has 0 heterocycles. The van der Waals surface area contributed by atoms with E-state index in [4.69, 9.17) is 23.2 Å². The van der Waals surface area contributed by atoms with Crippen LogP contribution in [0.5, 0.6) is 0 Å². The average Bonchev–Trinajstić information content (AvgIpc) is 2.52. The van der Waals surface area contributed by atoms with Crippen LogP contribution < -0.4 is 5.32 Å². The highest BCUT2D eigenvalue weighted by Crippen LogP contribution is 2.23. The van der Waals surface area contributed by atoms with Crippen LogP contribution in [0.15, 0.2) is 42.5 Å². The average molecular weight is 369 g/mol. The fourth-order valence-corrected chi connectivity index (χ4v) is 2.81. The number of hydrogen-bond donors (Lipinski definition) is 1. The molecule has 0 aliphatic carbocycles. The molecule has 1 N–H and O–H groups in total. The fourth-order valence-electron chi connectivity index (χ4n) is 2.31. The van der Waals surface area contributed by atoms with Gasteiger partial charge in [0.1, 0.15) is 5.82 Å². The highest BCUT2D eigenvalue weighted by molar-refractivity contribution is 6.36. The summed E-state index contributed by atoms with van der Waals surface area (Å²) in [6.45, 7) is 0.774. The highest BCUT2D eigenvalue weighted by Gasteiger charge is 2.18. The number of hydrogen-bond acceptors (Lipinski definition) is 2. The smallest absolute Gasteiger partial charge is 0.253 e. The molecule has 0 radical (unpaired) electrons. The zero-order chi connectivity index (χ0) is 17.7. The predicted octanol–water partition coefficient (Wildman–Crippen LogP) is 4.56. The van der Waals surface area contributed by atoms with Crippen molar-refractivity contribution in [2.45, 2.75) is 12.5 Å². The number of carbonyl (C=O) groups is 1. The van der Waals surface area contributed by atoms with Crippen molar-refractivity contribution in [1.29, 1.82) is 0 Å². The minimum Gasteiger partial charge on any atom is -0.345 e. The van der Waals surface area contributed by atoms with Crippen molar-refractivity contribution < 1.29 is 9.18 Å². The Kier molecular flexibility index (Phi) is 6.60. The van der Waals surface area contributed by atoms with E-state index >= 15 is 0 Å². The Bertz CT molecular complexity index is 705. The minimum atomic E-state index is -0.308. The summed E-state index contributed by atoms with van der Waals surface area (Å²) >= 11 is 12.0. The van der Waals surface area contributed by atoms with Crippen molar-refractivity contribution in [3.8, 4) is 0 Å². The summed E-state index contributed by atoms with van der Waals surface area (Å²) in [6.07, 6.45) is 0.690. The Balaban J connectivity index is 2.20. The van der Waals surface area contributed by atoms with Crippen LogP contribution in [0.2, 0.25) is 10.0 Å². The molecule has 0 aliphatic heterocycles. The van der Waals surface area contributed by atoms with Gasteiger partial charge < -0.3 is 10.2 Å². The second-order valence-electron chi connectivity index (χ2n) is 5.79. The van der Waals surface area contributed by atoms with Crippen molar-refractivity contribution in [3.63, 3.8) is 0 Å². The number of benzene rings is 2. The third-order valence-corrected chi connectivity index (χ3v) is 4.17. The first-order valence-electron chi connectivity index (χ1n) is 7.53. The van der Waals surface area contributed by atoms with Gasteiger partial charge in [0.2, 0.25) is 0 Å². The van der Waals surface area contributed by atoms with E-state index in [9.17, 15) is 9.18 Å². The summed E-state index contributed by atoms with van der Waals surface area (Å²) in [5.41, 5.74) is 1.20. The van der Waals surface area contributed by atoms with Gasteiger partial charge in [-0.1, -0.05) is 35.3 Å². The number of amides is 1. The van der Waals surface area contributed by atoms with E-state index < -0.39 is 0 Å². The lowest BCUT2D eigenvalue weighted by atomic mass is 10.0. The zero-order valence-electron chi connectivity index (χ0n) is 13.5. The first-order valence-corrected chi connectivity index (χ1v) is 8.28. The van der Waals surface area contributed by atoms with Crippen molar-refractivity contribution in [3.05, 3.63) is 69.5 Å². The van der Waals surface area contributed by atoms with Crippen molar-refractivity contribution in [1.82, 2.24) is 10.2 Å². The van der Waals surface area contributed by atoms with Crippen LogP contribution in [0.1, 0.15) is 28.4 Å². The molecule has 0 spiro atoms. The quantitative estimate of drug-likeness (QED) is 0.810. The summed E-state index contributed by atoms with van der Waals surface area (Å²) in [5, 5.41) is 3.74. The monoisotopic (exact) mass is 368 g/mol. The lowest BCUT2D eigenvalue weighted by Crippen LogP contribution is -2.31. The topological polar surface area (TPSA) is 32.3 Å². The summed E-state index contributed by atoms with van der Waals surface area (Å²) in [6, 6.07) is 10.6. The predicted molar refractivity (Wildman–Crippen MR) is 96.2 cm³/mol. The van der Waals surface area contributed by atoms with Gasteiger partial charge in [0.15, 0.2) is 0 Å². The standard InChI is InChI=1S/C18H19Cl2FN2O/c1-23(2)10-9-17(12-3-6-14(21)7-4-12)22-18(24)15-8-5-13(19)11-16(15)20/h3-8,11,17H,9-10H2,1-2H3,(H,22,24). The van der Waals surface area contributed by atoms with Crippen LogP contribution in [0.3, 0.4) is 0 Å². The maximum Gasteiger partial charge on any atom is 0.253 e. The Morgan fingerprint density at radius 1 is 1.17 bits per heavy atom. The lowest BCUT2D eigenvalue weighted by molar-refractivity contribution is 0.0933. The molecule has 24 heavy (non-hydrogen) atoms. The molecule has 2 rings (SSSR count). The Morgan fingerprint density at radius 3 is 2.42 bits per heavy atom. The van der Waals surface area contributed by atoms with Crippen LogP contribution in [-0.4, -0.2) is 31.4 Å². The molecule has 3 nitrogen and oxygen atoms in total. The highest BCUT2D eigenvalue weighted by atomic mass is 35.5. The first kappa shape index (κ1) is 18.7. The first-order chi connectivity index (χ1) is 11.4. The molecule has 2 aromatic rings. The van der Waals surface area contributed by atoms with E-state index in [1.807, 2.05) is 19.0 Å². The van der Waals surface area contributed by atoms with Gasteiger partial charge in [-0.3, -0.25) is 4.79 Å². The second-order valence-corrected chi connectivity index (χ2v) is 6.64. The Labute approximate surface area is 151 Å². The molecule has 0 fully saturated rings. The van der Waals surface area contributed by atoms with Crippen LogP contribution in [0.25, 0.3) is 0 Å². The van der Waals surface area contributed by atoms with Gasteiger partial charge in [-0.05, 0) is 63.0 Å². The van der Waals surface area contributed by atoms with Gasteiger partial charge in [0, 0.05) is 5.02 Å². The summed E-state index contributed by atoms with van der Waals surface area (Å²) < 4.78 is 13.2. The van der Waals surface area contributed by atoms with Gasteiger partial charge in [-0.15, -0.1) is 0 Å². The SMILES string of the molecule is CN(C)CCC(NC(=O)c1ccc(Cl)cc1Cl)c1ccc(F)cc1. The van der Waals surface area contributed by atoms with Gasteiger partial charge in [-0.25, -0.2) is 4.39 Å². The second kappa shape index (κ2) is 8.47. The molecular formula is C18H19Cl2FN2O. The summed E-state index contributed by atoms with van der Waals surface area (Å²) in [7, 11) is 3.92. The van der Waals surface area contributed by atoms with Gasteiger partial charge in [-0.2, -0.15) is 0 Å². The summed E-state index contributed by atoms with van der Waals surface area (Å²) in [5.74, 6) is -0.595. The van der Waals surface area contributed by atoms with E-state index in [-0.39, 0.29) is 17.8 Å². The molecule has 0 saturated heterocycles. The Hall–Kier alpha value is -1.62.